The second-order valence-corrected chi connectivity index (χ2v) is 12.0. The zero-order valence-electron chi connectivity index (χ0n) is 25.2. The van der Waals surface area contributed by atoms with E-state index in [1.165, 1.54) is 43.1 Å². The second kappa shape index (κ2) is 10.1. The van der Waals surface area contributed by atoms with Gasteiger partial charge < -0.3 is 4.42 Å². The van der Waals surface area contributed by atoms with Crippen LogP contribution >= 0.6 is 0 Å². The smallest absolute Gasteiger partial charge is 0.164 e. The van der Waals surface area contributed by atoms with Crippen LogP contribution in [0.25, 0.3) is 99.5 Å². The van der Waals surface area contributed by atoms with Crippen molar-refractivity contribution in [2.45, 2.75) is 0 Å². The summed E-state index contributed by atoms with van der Waals surface area (Å²) in [5.74, 6) is 1.93. The van der Waals surface area contributed by atoms with Gasteiger partial charge in [0.2, 0.25) is 0 Å². The second-order valence-electron chi connectivity index (χ2n) is 12.0. The number of furan rings is 1. The highest BCUT2D eigenvalue weighted by molar-refractivity contribution is 6.39. The van der Waals surface area contributed by atoms with E-state index in [0.717, 1.165) is 39.0 Å². The van der Waals surface area contributed by atoms with Crippen molar-refractivity contribution in [3.8, 4) is 45.3 Å². The Morgan fingerprint density at radius 3 is 1.49 bits per heavy atom. The molecule has 0 amide bonds. The fraction of sp³-hybridized carbons (Fsp3) is 0. The molecule has 10 rings (SSSR count). The van der Waals surface area contributed by atoms with Gasteiger partial charge >= 0.3 is 0 Å². The summed E-state index contributed by atoms with van der Waals surface area (Å²) in [6.07, 6.45) is 0. The first-order chi connectivity index (χ1) is 23.3. The number of fused-ring (bicyclic) bond motifs is 5. The molecule has 2 aromatic heterocycles. The van der Waals surface area contributed by atoms with Gasteiger partial charge in [0.15, 0.2) is 17.5 Å². The monoisotopic (exact) mass is 599 g/mol. The molecule has 0 aliphatic carbocycles. The molecule has 0 saturated heterocycles. The molecule has 0 aliphatic heterocycles. The molecule has 218 valence electrons. The Morgan fingerprint density at radius 1 is 0.340 bits per heavy atom. The van der Waals surface area contributed by atoms with Crippen molar-refractivity contribution >= 4 is 54.3 Å². The van der Waals surface area contributed by atoms with Crippen molar-refractivity contribution in [3.05, 3.63) is 152 Å². The minimum atomic E-state index is 0.637. The van der Waals surface area contributed by atoms with Crippen LogP contribution in [0, 0.1) is 0 Å². The lowest BCUT2D eigenvalue weighted by Gasteiger charge is -2.16. The number of hydrogen-bond donors (Lipinski definition) is 0. The predicted molar refractivity (Wildman–Crippen MR) is 193 cm³/mol. The minimum absolute atomic E-state index is 0.637. The fourth-order valence-corrected chi connectivity index (χ4v) is 7.18. The number of nitrogens with zero attached hydrogens (tertiary/aromatic N) is 3. The van der Waals surface area contributed by atoms with Crippen LogP contribution in [0.2, 0.25) is 0 Å². The Labute approximate surface area is 270 Å². The average molecular weight is 600 g/mol. The van der Waals surface area contributed by atoms with Crippen molar-refractivity contribution in [2.75, 3.05) is 0 Å². The zero-order valence-corrected chi connectivity index (χ0v) is 25.2. The maximum absolute atomic E-state index is 6.39. The molecule has 0 bridgehead atoms. The van der Waals surface area contributed by atoms with Crippen LogP contribution < -0.4 is 0 Å². The van der Waals surface area contributed by atoms with E-state index >= 15 is 0 Å². The summed E-state index contributed by atoms with van der Waals surface area (Å²) in [6, 6.07) is 52.6. The number of hydrogen-bond acceptors (Lipinski definition) is 4. The molecule has 0 aliphatic rings. The Bertz CT molecular complexity index is 2730. The van der Waals surface area contributed by atoms with E-state index < -0.39 is 0 Å². The molecule has 0 spiro atoms. The topological polar surface area (TPSA) is 51.8 Å². The molecule has 2 heterocycles. The van der Waals surface area contributed by atoms with E-state index in [9.17, 15) is 0 Å². The van der Waals surface area contributed by atoms with E-state index in [4.69, 9.17) is 19.4 Å². The first-order valence-corrected chi connectivity index (χ1v) is 15.8. The summed E-state index contributed by atoms with van der Waals surface area (Å²) in [5, 5.41) is 9.66. The van der Waals surface area contributed by atoms with Gasteiger partial charge in [0.1, 0.15) is 11.2 Å². The Hall–Kier alpha value is -6.39. The molecular formula is C43H25N3O. The lowest BCUT2D eigenvalue weighted by molar-refractivity contribution is 0.669. The normalized spacial score (nSPS) is 11.8. The molecule has 8 aromatic carbocycles. The first-order valence-electron chi connectivity index (χ1n) is 15.8. The van der Waals surface area contributed by atoms with Gasteiger partial charge in [-0.25, -0.2) is 15.0 Å². The number of aromatic nitrogens is 3. The van der Waals surface area contributed by atoms with E-state index in [2.05, 4.69) is 91.0 Å². The van der Waals surface area contributed by atoms with E-state index in [0.29, 0.717) is 17.5 Å². The maximum Gasteiger partial charge on any atom is 0.164 e. The summed E-state index contributed by atoms with van der Waals surface area (Å²) in [4.78, 5) is 14.9. The van der Waals surface area contributed by atoms with E-state index in [-0.39, 0.29) is 0 Å². The molecule has 0 fully saturated rings. The largest absolute Gasteiger partial charge is 0.456 e. The highest BCUT2D eigenvalue weighted by Crippen LogP contribution is 2.48. The summed E-state index contributed by atoms with van der Waals surface area (Å²) >= 11 is 0. The van der Waals surface area contributed by atoms with Crippen molar-refractivity contribution in [1.29, 1.82) is 0 Å². The molecule has 47 heavy (non-hydrogen) atoms. The molecule has 0 saturated carbocycles. The summed E-state index contributed by atoms with van der Waals surface area (Å²) in [5.41, 5.74) is 6.93. The van der Waals surface area contributed by atoms with Crippen LogP contribution in [-0.2, 0) is 0 Å². The zero-order chi connectivity index (χ0) is 30.9. The van der Waals surface area contributed by atoms with E-state index in [1.54, 1.807) is 0 Å². The third-order valence-corrected chi connectivity index (χ3v) is 9.24. The van der Waals surface area contributed by atoms with Crippen LogP contribution in [0.3, 0.4) is 0 Å². The van der Waals surface area contributed by atoms with Crippen molar-refractivity contribution in [1.82, 2.24) is 15.0 Å². The van der Waals surface area contributed by atoms with Crippen molar-refractivity contribution < 1.29 is 4.42 Å². The highest BCUT2D eigenvalue weighted by Gasteiger charge is 2.21. The van der Waals surface area contributed by atoms with Crippen LogP contribution in [-0.4, -0.2) is 15.0 Å². The predicted octanol–water partition coefficient (Wildman–Crippen LogP) is 11.3. The van der Waals surface area contributed by atoms with Crippen molar-refractivity contribution in [3.63, 3.8) is 0 Å². The number of rotatable bonds is 4. The van der Waals surface area contributed by atoms with Crippen LogP contribution in [0.15, 0.2) is 156 Å². The van der Waals surface area contributed by atoms with Gasteiger partial charge in [-0.2, -0.15) is 0 Å². The van der Waals surface area contributed by atoms with Crippen LogP contribution in [0.5, 0.6) is 0 Å². The third kappa shape index (κ3) is 3.98. The molecule has 0 N–H and O–H groups in total. The SMILES string of the molecule is c1ccc(-c2nc(-c3ccccc3)nc(-c3cccc(-c4cc5ccccc5c5c6cccc7oc8cccc(c45)c8c76)c3)n2)cc1. The van der Waals surface area contributed by atoms with Gasteiger partial charge in [-0.3, -0.25) is 0 Å². The van der Waals surface area contributed by atoms with Gasteiger partial charge in [0, 0.05) is 27.5 Å². The van der Waals surface area contributed by atoms with Gasteiger partial charge in [0.25, 0.3) is 0 Å². The Balaban J connectivity index is 1.26. The quantitative estimate of drug-likeness (QED) is 0.189. The van der Waals surface area contributed by atoms with Gasteiger partial charge in [-0.05, 0) is 67.7 Å². The Morgan fingerprint density at radius 2 is 0.830 bits per heavy atom. The average Bonchev–Trinajstić information content (AvgIpc) is 3.54. The van der Waals surface area contributed by atoms with E-state index in [1.807, 2.05) is 60.7 Å². The highest BCUT2D eigenvalue weighted by atomic mass is 16.3. The van der Waals surface area contributed by atoms with Crippen molar-refractivity contribution in [2.24, 2.45) is 0 Å². The van der Waals surface area contributed by atoms with Crippen LogP contribution in [0.4, 0.5) is 0 Å². The Kier molecular flexibility index (Phi) is 5.54. The van der Waals surface area contributed by atoms with Gasteiger partial charge in [-0.1, -0.05) is 127 Å². The molecule has 4 heteroatoms. The lowest BCUT2D eigenvalue weighted by Crippen LogP contribution is -2.00. The molecule has 0 unspecified atom stereocenters. The first kappa shape index (κ1) is 25.9. The molecule has 0 atom stereocenters. The lowest BCUT2D eigenvalue weighted by atomic mass is 9.86. The third-order valence-electron chi connectivity index (χ3n) is 9.24. The van der Waals surface area contributed by atoms with Gasteiger partial charge in [-0.15, -0.1) is 0 Å². The fourth-order valence-electron chi connectivity index (χ4n) is 7.18. The minimum Gasteiger partial charge on any atom is -0.456 e. The summed E-state index contributed by atoms with van der Waals surface area (Å²) in [7, 11) is 0. The van der Waals surface area contributed by atoms with Gasteiger partial charge in [0.05, 0.1) is 0 Å². The number of benzene rings is 8. The van der Waals surface area contributed by atoms with Crippen LogP contribution in [0.1, 0.15) is 0 Å². The molecule has 10 aromatic rings. The standard InChI is InChI=1S/C43H25N3O/c1-3-12-26(13-4-1)41-44-42(27-14-5-2-6-15-27)46-43(45-41)30-18-9-17-28(24-30)34-25-29-16-7-8-19-31(29)37-32-20-10-22-35-39(32)40-33(38(34)37)21-11-23-36(40)47-35/h1-25H. The molecule has 4 nitrogen and oxygen atoms in total. The maximum atomic E-state index is 6.39. The molecular weight excluding hydrogens is 574 g/mol. The summed E-state index contributed by atoms with van der Waals surface area (Å²) < 4.78 is 6.39. The molecule has 0 radical (unpaired) electrons. The summed E-state index contributed by atoms with van der Waals surface area (Å²) in [6.45, 7) is 0.